The molecule has 1 aliphatic rings. The molecule has 0 fully saturated rings. The van der Waals surface area contributed by atoms with Gasteiger partial charge in [-0.2, -0.15) is 0 Å². The van der Waals surface area contributed by atoms with Crippen LogP contribution in [0.5, 0.6) is 5.75 Å². The van der Waals surface area contributed by atoms with Crippen LogP contribution >= 0.6 is 11.3 Å². The molecule has 0 unspecified atom stereocenters. The van der Waals surface area contributed by atoms with Crippen LogP contribution in [-0.2, 0) is 17.6 Å². The summed E-state index contributed by atoms with van der Waals surface area (Å²) in [4.78, 5) is 26.1. The highest BCUT2D eigenvalue weighted by Gasteiger charge is 2.20. The first-order chi connectivity index (χ1) is 12.5. The van der Waals surface area contributed by atoms with E-state index < -0.39 is 0 Å². The molecule has 0 radical (unpaired) electrons. The van der Waals surface area contributed by atoms with Gasteiger partial charge in [0.1, 0.15) is 5.75 Å². The van der Waals surface area contributed by atoms with Crippen molar-refractivity contribution in [1.82, 2.24) is 10.9 Å². The number of thiophene rings is 1. The van der Waals surface area contributed by atoms with Crippen molar-refractivity contribution >= 4 is 28.8 Å². The standard InChI is InChI=1S/C19H23N3O3S/c1-12-6-7-16-13(8-12)9-17(26-16)19(24)22-21-18(23)11-20-14-4-3-5-15(10-14)25-2/h3-5,9-10,12,20H,6-8,11H2,1-2H3,(H,21,23)(H,22,24)/t12-/m1/s1. The third kappa shape index (κ3) is 4.54. The molecule has 6 nitrogen and oxygen atoms in total. The largest absolute Gasteiger partial charge is 0.497 e. The van der Waals surface area contributed by atoms with Gasteiger partial charge in [-0.3, -0.25) is 20.4 Å². The number of amides is 2. The Bertz CT molecular complexity index is 803. The number of methoxy groups -OCH3 is 1. The fourth-order valence-electron chi connectivity index (χ4n) is 2.97. The molecule has 26 heavy (non-hydrogen) atoms. The first-order valence-electron chi connectivity index (χ1n) is 8.64. The molecule has 0 spiro atoms. The molecule has 1 atom stereocenters. The van der Waals surface area contributed by atoms with Crippen molar-refractivity contribution in [3.8, 4) is 5.75 Å². The summed E-state index contributed by atoms with van der Waals surface area (Å²) in [7, 11) is 1.59. The molecule has 2 aromatic rings. The van der Waals surface area contributed by atoms with Gasteiger partial charge in [0.2, 0.25) is 0 Å². The van der Waals surface area contributed by atoms with Gasteiger partial charge in [0.25, 0.3) is 11.8 Å². The first-order valence-corrected chi connectivity index (χ1v) is 9.45. The summed E-state index contributed by atoms with van der Waals surface area (Å²) in [5.41, 5.74) is 6.97. The van der Waals surface area contributed by atoms with Crippen LogP contribution in [0.2, 0.25) is 0 Å². The average molecular weight is 373 g/mol. The second kappa shape index (κ2) is 8.23. The summed E-state index contributed by atoms with van der Waals surface area (Å²) >= 11 is 1.52. The minimum Gasteiger partial charge on any atom is -0.497 e. The maximum atomic E-state index is 12.3. The third-order valence-corrected chi connectivity index (χ3v) is 5.63. The van der Waals surface area contributed by atoms with Crippen molar-refractivity contribution in [2.45, 2.75) is 26.2 Å². The van der Waals surface area contributed by atoms with E-state index in [1.54, 1.807) is 13.2 Å². The smallest absolute Gasteiger partial charge is 0.279 e. The highest BCUT2D eigenvalue weighted by atomic mass is 32.1. The molecule has 0 bridgehead atoms. The van der Waals surface area contributed by atoms with E-state index in [1.807, 2.05) is 24.3 Å². The van der Waals surface area contributed by atoms with Crippen molar-refractivity contribution in [1.29, 1.82) is 0 Å². The molecule has 2 amide bonds. The van der Waals surface area contributed by atoms with Crippen LogP contribution in [0.25, 0.3) is 0 Å². The molecule has 7 heteroatoms. The fourth-order valence-corrected chi connectivity index (χ4v) is 4.07. The van der Waals surface area contributed by atoms with Crippen molar-refractivity contribution in [2.75, 3.05) is 19.0 Å². The molecule has 3 N–H and O–H groups in total. The summed E-state index contributed by atoms with van der Waals surface area (Å²) in [5.74, 6) is 0.776. The highest BCUT2D eigenvalue weighted by Crippen LogP contribution is 2.32. The van der Waals surface area contributed by atoms with Gasteiger partial charge in [0.05, 0.1) is 18.5 Å². The number of hydrogen-bond donors (Lipinski definition) is 3. The Hall–Kier alpha value is -2.54. The van der Waals surface area contributed by atoms with Crippen molar-refractivity contribution in [3.05, 3.63) is 45.6 Å². The Kier molecular flexibility index (Phi) is 5.78. The van der Waals surface area contributed by atoms with Gasteiger partial charge in [0.15, 0.2) is 0 Å². The minimum atomic E-state index is -0.323. The number of carbonyl (C=O) groups is 2. The predicted molar refractivity (Wildman–Crippen MR) is 103 cm³/mol. The van der Waals surface area contributed by atoms with Crippen LogP contribution in [0.1, 0.15) is 33.5 Å². The average Bonchev–Trinajstić information content (AvgIpc) is 3.07. The lowest BCUT2D eigenvalue weighted by atomic mass is 9.90. The normalized spacial score (nSPS) is 15.7. The van der Waals surface area contributed by atoms with E-state index in [2.05, 4.69) is 23.1 Å². The lowest BCUT2D eigenvalue weighted by Crippen LogP contribution is -2.43. The van der Waals surface area contributed by atoms with Gasteiger partial charge < -0.3 is 10.1 Å². The van der Waals surface area contributed by atoms with E-state index in [0.717, 1.165) is 18.5 Å². The number of ether oxygens (including phenoxy) is 1. The van der Waals surface area contributed by atoms with Crippen molar-refractivity contribution in [3.63, 3.8) is 0 Å². The SMILES string of the molecule is COc1cccc(NCC(=O)NNC(=O)c2cc3c(s2)CC[C@@H](C)C3)c1. The van der Waals surface area contributed by atoms with Crippen LogP contribution in [0, 0.1) is 5.92 Å². The maximum Gasteiger partial charge on any atom is 0.279 e. The predicted octanol–water partition coefficient (Wildman–Crippen LogP) is 2.75. The van der Waals surface area contributed by atoms with Gasteiger partial charge in [-0.1, -0.05) is 13.0 Å². The Morgan fingerprint density at radius 1 is 1.27 bits per heavy atom. The molecule has 1 aliphatic carbocycles. The molecule has 1 aromatic carbocycles. The zero-order chi connectivity index (χ0) is 18.5. The summed E-state index contributed by atoms with van der Waals surface area (Å²) in [6.45, 7) is 2.28. The number of hydrogen-bond acceptors (Lipinski definition) is 5. The second-order valence-corrected chi connectivity index (χ2v) is 7.63. The second-order valence-electron chi connectivity index (χ2n) is 6.49. The maximum absolute atomic E-state index is 12.3. The first kappa shape index (κ1) is 18.3. The van der Waals surface area contributed by atoms with E-state index in [0.29, 0.717) is 16.5 Å². The number of carbonyl (C=O) groups excluding carboxylic acids is 2. The highest BCUT2D eigenvalue weighted by molar-refractivity contribution is 7.14. The van der Waals surface area contributed by atoms with E-state index in [1.165, 1.54) is 28.2 Å². The van der Waals surface area contributed by atoms with Crippen LogP contribution in [-0.4, -0.2) is 25.5 Å². The number of fused-ring (bicyclic) bond motifs is 1. The van der Waals surface area contributed by atoms with Crippen molar-refractivity contribution < 1.29 is 14.3 Å². The van der Waals surface area contributed by atoms with Crippen LogP contribution in [0.4, 0.5) is 5.69 Å². The van der Waals surface area contributed by atoms with Crippen molar-refractivity contribution in [2.24, 2.45) is 5.92 Å². The Balaban J connectivity index is 1.47. The zero-order valence-electron chi connectivity index (χ0n) is 14.9. The number of benzene rings is 1. The van der Waals surface area contributed by atoms with Gasteiger partial charge in [-0.15, -0.1) is 11.3 Å². The van der Waals surface area contributed by atoms with E-state index in [4.69, 9.17) is 4.74 Å². The zero-order valence-corrected chi connectivity index (χ0v) is 15.7. The fraction of sp³-hybridized carbons (Fsp3) is 0.368. The molecule has 0 aliphatic heterocycles. The van der Waals surface area contributed by atoms with Crippen LogP contribution in [0.3, 0.4) is 0 Å². The molecular formula is C19H23N3O3S. The van der Waals surface area contributed by atoms with Gasteiger partial charge in [-0.05, 0) is 48.9 Å². The number of rotatable bonds is 5. The molecule has 0 saturated carbocycles. The van der Waals surface area contributed by atoms with E-state index in [9.17, 15) is 9.59 Å². The summed E-state index contributed by atoms with van der Waals surface area (Å²) < 4.78 is 5.13. The minimum absolute atomic E-state index is 0.0475. The van der Waals surface area contributed by atoms with E-state index in [-0.39, 0.29) is 18.4 Å². The van der Waals surface area contributed by atoms with Gasteiger partial charge >= 0.3 is 0 Å². The van der Waals surface area contributed by atoms with E-state index >= 15 is 0 Å². The monoisotopic (exact) mass is 373 g/mol. The number of aryl methyl sites for hydroxylation is 1. The lowest BCUT2D eigenvalue weighted by molar-refractivity contribution is -0.120. The topological polar surface area (TPSA) is 79.5 Å². The van der Waals surface area contributed by atoms with Crippen LogP contribution < -0.4 is 20.9 Å². The summed E-state index contributed by atoms with van der Waals surface area (Å²) in [6.07, 6.45) is 3.22. The number of nitrogens with one attached hydrogen (secondary N) is 3. The molecule has 1 heterocycles. The summed E-state index contributed by atoms with van der Waals surface area (Å²) in [5, 5.41) is 2.99. The van der Waals surface area contributed by atoms with Gasteiger partial charge in [-0.25, -0.2) is 0 Å². The Morgan fingerprint density at radius 3 is 2.92 bits per heavy atom. The molecule has 3 rings (SSSR count). The molecule has 1 aromatic heterocycles. The lowest BCUT2D eigenvalue weighted by Gasteiger charge is -2.16. The van der Waals surface area contributed by atoms with Crippen LogP contribution in [0.15, 0.2) is 30.3 Å². The molecule has 138 valence electrons. The Morgan fingerprint density at radius 2 is 2.12 bits per heavy atom. The Labute approximate surface area is 156 Å². The quantitative estimate of drug-likeness (QED) is 0.704. The molecular weight excluding hydrogens is 350 g/mol. The number of hydrazine groups is 1. The molecule has 0 saturated heterocycles. The number of anilines is 1. The van der Waals surface area contributed by atoms with Gasteiger partial charge in [0, 0.05) is 16.6 Å². The summed E-state index contributed by atoms with van der Waals surface area (Å²) in [6, 6.07) is 9.24. The third-order valence-electron chi connectivity index (χ3n) is 4.39.